The third-order valence-corrected chi connectivity index (χ3v) is 3.54. The van der Waals surface area contributed by atoms with Gasteiger partial charge < -0.3 is 10.6 Å². The molecule has 24 heavy (non-hydrogen) atoms. The van der Waals surface area contributed by atoms with Crippen molar-refractivity contribution in [3.8, 4) is 0 Å². The van der Waals surface area contributed by atoms with Crippen LogP contribution < -0.4 is 10.6 Å². The van der Waals surface area contributed by atoms with Crippen molar-refractivity contribution in [2.24, 2.45) is 0 Å². The molecule has 0 saturated carbocycles. The fourth-order valence-corrected chi connectivity index (χ4v) is 1.97. The van der Waals surface area contributed by atoms with Gasteiger partial charge in [0.05, 0.1) is 5.56 Å². The Kier molecular flexibility index (Phi) is 6.25. The summed E-state index contributed by atoms with van der Waals surface area (Å²) < 4.78 is 0. The lowest BCUT2D eigenvalue weighted by atomic mass is 10.2. The topological polar surface area (TPSA) is 71.1 Å². The van der Waals surface area contributed by atoms with E-state index < -0.39 is 0 Å². The van der Waals surface area contributed by atoms with Crippen molar-refractivity contribution >= 4 is 17.5 Å². The first-order valence-electron chi connectivity index (χ1n) is 7.84. The van der Waals surface area contributed by atoms with Crippen LogP contribution in [0.5, 0.6) is 0 Å². The van der Waals surface area contributed by atoms with Crippen LogP contribution in [-0.4, -0.2) is 16.8 Å². The van der Waals surface area contributed by atoms with Crippen LogP contribution in [0.1, 0.15) is 36.2 Å². The first kappa shape index (κ1) is 17.4. The van der Waals surface area contributed by atoms with Gasteiger partial charge in [0.1, 0.15) is 0 Å². The molecule has 1 heterocycles. The lowest BCUT2D eigenvalue weighted by Gasteiger charge is -2.07. The second-order valence-corrected chi connectivity index (χ2v) is 5.45. The first-order valence-corrected chi connectivity index (χ1v) is 7.84. The van der Waals surface area contributed by atoms with Crippen molar-refractivity contribution in [2.45, 2.75) is 26.8 Å². The van der Waals surface area contributed by atoms with Gasteiger partial charge >= 0.3 is 0 Å². The predicted molar refractivity (Wildman–Crippen MR) is 94.5 cm³/mol. The predicted octanol–water partition coefficient (Wildman–Crippen LogP) is 3.31. The largest absolute Gasteiger partial charge is 0.348 e. The highest BCUT2D eigenvalue weighted by Crippen LogP contribution is 2.11. The number of aromatic nitrogens is 1. The molecule has 0 atom stereocenters. The Labute approximate surface area is 141 Å². The van der Waals surface area contributed by atoms with Crippen molar-refractivity contribution in [1.82, 2.24) is 10.3 Å². The number of carbonyl (C=O) groups is 2. The molecule has 2 amide bonds. The quantitative estimate of drug-likeness (QED) is 0.801. The van der Waals surface area contributed by atoms with E-state index in [-0.39, 0.29) is 11.8 Å². The number of allylic oxidation sites excluding steroid dienone is 1. The summed E-state index contributed by atoms with van der Waals surface area (Å²) in [7, 11) is 0. The number of anilines is 1. The zero-order valence-corrected chi connectivity index (χ0v) is 13.9. The minimum absolute atomic E-state index is 0.0942. The normalized spacial score (nSPS) is 11.0. The number of amides is 2. The maximum absolute atomic E-state index is 12.0. The van der Waals surface area contributed by atoms with Gasteiger partial charge in [0.25, 0.3) is 5.91 Å². The van der Waals surface area contributed by atoms with Crippen LogP contribution in [0.15, 0.2) is 60.4 Å². The van der Waals surface area contributed by atoms with Gasteiger partial charge in [-0.05, 0) is 43.2 Å². The molecule has 0 saturated heterocycles. The van der Waals surface area contributed by atoms with Crippen LogP contribution in [0.3, 0.4) is 0 Å². The van der Waals surface area contributed by atoms with Crippen LogP contribution in [0.2, 0.25) is 0 Å². The Morgan fingerprint density at radius 3 is 2.54 bits per heavy atom. The Morgan fingerprint density at radius 1 is 1.17 bits per heavy atom. The van der Waals surface area contributed by atoms with Crippen molar-refractivity contribution < 1.29 is 9.59 Å². The molecule has 2 N–H and O–H groups in total. The van der Waals surface area contributed by atoms with Crippen molar-refractivity contribution in [2.75, 3.05) is 5.32 Å². The highest BCUT2D eigenvalue weighted by Gasteiger charge is 2.05. The van der Waals surface area contributed by atoms with Gasteiger partial charge in [-0.2, -0.15) is 0 Å². The van der Waals surface area contributed by atoms with E-state index in [9.17, 15) is 9.59 Å². The SMILES string of the molecule is CC/C(C)=C/C(=O)NCc1ccc(NC(=O)c2cccnc2)cc1. The highest BCUT2D eigenvalue weighted by atomic mass is 16.2. The van der Waals surface area contributed by atoms with Gasteiger partial charge in [-0.25, -0.2) is 0 Å². The first-order chi connectivity index (χ1) is 11.6. The van der Waals surface area contributed by atoms with Gasteiger partial charge in [0.2, 0.25) is 5.91 Å². The van der Waals surface area contributed by atoms with Gasteiger partial charge in [0.15, 0.2) is 0 Å². The van der Waals surface area contributed by atoms with Crippen LogP contribution in [0.25, 0.3) is 0 Å². The van der Waals surface area contributed by atoms with E-state index in [0.717, 1.165) is 17.6 Å². The van der Waals surface area contributed by atoms with E-state index in [2.05, 4.69) is 15.6 Å². The summed E-state index contributed by atoms with van der Waals surface area (Å²) in [6.07, 6.45) is 5.61. The monoisotopic (exact) mass is 323 g/mol. The molecule has 0 aliphatic rings. The lowest BCUT2D eigenvalue weighted by molar-refractivity contribution is -0.116. The fourth-order valence-electron chi connectivity index (χ4n) is 1.97. The Morgan fingerprint density at radius 2 is 1.92 bits per heavy atom. The molecule has 0 unspecified atom stereocenters. The van der Waals surface area contributed by atoms with Crippen LogP contribution >= 0.6 is 0 Å². The fraction of sp³-hybridized carbons (Fsp3) is 0.211. The van der Waals surface area contributed by atoms with E-state index >= 15 is 0 Å². The minimum atomic E-state index is -0.204. The molecule has 5 nitrogen and oxygen atoms in total. The van der Waals surface area contributed by atoms with Crippen molar-refractivity contribution in [1.29, 1.82) is 0 Å². The Hall–Kier alpha value is -2.95. The van der Waals surface area contributed by atoms with E-state index in [4.69, 9.17) is 0 Å². The summed E-state index contributed by atoms with van der Waals surface area (Å²) >= 11 is 0. The third-order valence-electron chi connectivity index (χ3n) is 3.54. The number of carbonyl (C=O) groups excluding carboxylic acids is 2. The van der Waals surface area contributed by atoms with E-state index in [1.54, 1.807) is 24.4 Å². The second kappa shape index (κ2) is 8.62. The lowest BCUT2D eigenvalue weighted by Crippen LogP contribution is -2.20. The Bertz CT molecular complexity index is 722. The molecule has 0 spiro atoms. The van der Waals surface area contributed by atoms with Gasteiger partial charge in [-0.1, -0.05) is 24.6 Å². The maximum atomic E-state index is 12.0. The second-order valence-electron chi connectivity index (χ2n) is 5.45. The van der Waals surface area contributed by atoms with Crippen LogP contribution in [-0.2, 0) is 11.3 Å². The van der Waals surface area contributed by atoms with Crippen molar-refractivity contribution in [3.05, 3.63) is 71.6 Å². The summed E-state index contributed by atoms with van der Waals surface area (Å²) in [5.74, 6) is -0.298. The highest BCUT2D eigenvalue weighted by molar-refractivity contribution is 6.04. The average molecular weight is 323 g/mol. The zero-order chi connectivity index (χ0) is 17.4. The summed E-state index contributed by atoms with van der Waals surface area (Å²) in [5, 5.41) is 5.65. The molecule has 1 aromatic carbocycles. The number of nitrogens with one attached hydrogen (secondary N) is 2. The molecular weight excluding hydrogens is 302 g/mol. The van der Waals surface area contributed by atoms with E-state index in [1.807, 2.05) is 38.1 Å². The molecular formula is C19H21N3O2. The third kappa shape index (κ3) is 5.35. The standard InChI is InChI=1S/C19H21N3O2/c1-3-14(2)11-18(23)21-12-15-6-8-17(9-7-15)22-19(24)16-5-4-10-20-13-16/h4-11,13H,3,12H2,1-2H3,(H,21,23)(H,22,24)/b14-11+. The molecule has 124 valence electrons. The average Bonchev–Trinajstić information content (AvgIpc) is 2.61. The number of rotatable bonds is 6. The summed E-state index contributed by atoms with van der Waals surface area (Å²) in [6, 6.07) is 10.8. The molecule has 0 radical (unpaired) electrons. The zero-order valence-electron chi connectivity index (χ0n) is 13.9. The van der Waals surface area contributed by atoms with Crippen molar-refractivity contribution in [3.63, 3.8) is 0 Å². The van der Waals surface area contributed by atoms with Gasteiger partial charge in [0, 0.05) is 30.7 Å². The number of hydrogen-bond acceptors (Lipinski definition) is 3. The molecule has 2 rings (SSSR count). The van der Waals surface area contributed by atoms with E-state index in [0.29, 0.717) is 17.8 Å². The van der Waals surface area contributed by atoms with Gasteiger partial charge in [-0.15, -0.1) is 0 Å². The van der Waals surface area contributed by atoms with Gasteiger partial charge in [-0.3, -0.25) is 14.6 Å². The molecule has 1 aromatic heterocycles. The van der Waals surface area contributed by atoms with E-state index in [1.165, 1.54) is 6.20 Å². The minimum Gasteiger partial charge on any atom is -0.348 e. The molecule has 2 aromatic rings. The Balaban J connectivity index is 1.89. The number of pyridine rings is 1. The molecule has 5 heteroatoms. The molecule has 0 aliphatic carbocycles. The summed E-state index contributed by atoms with van der Waals surface area (Å²) in [5.41, 5.74) is 3.21. The summed E-state index contributed by atoms with van der Waals surface area (Å²) in [6.45, 7) is 4.39. The number of benzene rings is 1. The van der Waals surface area contributed by atoms with Crippen LogP contribution in [0.4, 0.5) is 5.69 Å². The molecule has 0 fully saturated rings. The summed E-state index contributed by atoms with van der Waals surface area (Å²) in [4.78, 5) is 27.7. The number of hydrogen-bond donors (Lipinski definition) is 2. The molecule has 0 bridgehead atoms. The smallest absolute Gasteiger partial charge is 0.257 e. The van der Waals surface area contributed by atoms with Crippen LogP contribution in [0, 0.1) is 0 Å². The maximum Gasteiger partial charge on any atom is 0.257 e. The molecule has 0 aliphatic heterocycles. The number of nitrogens with zero attached hydrogens (tertiary/aromatic N) is 1.